The summed E-state index contributed by atoms with van der Waals surface area (Å²) < 4.78 is 27.0. The molecule has 1 saturated heterocycles. The number of fused-ring (bicyclic) bond motifs is 1. The Bertz CT molecular complexity index is 1130. The third-order valence-corrected chi connectivity index (χ3v) is 5.49. The number of methoxy groups -OCH3 is 2. The van der Waals surface area contributed by atoms with Crippen molar-refractivity contribution in [2.75, 3.05) is 27.6 Å². The van der Waals surface area contributed by atoms with Crippen molar-refractivity contribution in [3.05, 3.63) is 47.9 Å². The highest BCUT2D eigenvalue weighted by atomic mass is 16.7. The Morgan fingerprint density at radius 3 is 2.81 bits per heavy atom. The quantitative estimate of drug-likeness (QED) is 0.597. The maximum Gasteiger partial charge on any atom is 0.232 e. The summed E-state index contributed by atoms with van der Waals surface area (Å²) in [6.07, 6.45) is 0.315. The zero-order valence-corrected chi connectivity index (χ0v) is 17.2. The first kappa shape index (κ1) is 19.2. The van der Waals surface area contributed by atoms with Gasteiger partial charge in [-0.3, -0.25) is 4.79 Å². The molecule has 9 nitrogen and oxygen atoms in total. The lowest BCUT2D eigenvalue weighted by atomic mass is 10.1. The molecule has 0 spiro atoms. The fourth-order valence-electron chi connectivity index (χ4n) is 3.86. The van der Waals surface area contributed by atoms with Gasteiger partial charge in [0.25, 0.3) is 0 Å². The maximum absolute atomic E-state index is 12.7. The molecule has 1 fully saturated rings. The van der Waals surface area contributed by atoms with Gasteiger partial charge in [-0.15, -0.1) is 0 Å². The highest BCUT2D eigenvalue weighted by molar-refractivity contribution is 5.79. The Hall–Kier alpha value is -3.75. The molecule has 1 aromatic heterocycles. The van der Waals surface area contributed by atoms with E-state index in [1.54, 1.807) is 19.1 Å². The number of ether oxygens (including phenoxy) is 4. The molecule has 0 aliphatic carbocycles. The van der Waals surface area contributed by atoms with Gasteiger partial charge >= 0.3 is 0 Å². The zero-order chi connectivity index (χ0) is 21.4. The summed E-state index contributed by atoms with van der Waals surface area (Å²) >= 11 is 0. The number of amides is 1. The van der Waals surface area contributed by atoms with Crippen molar-refractivity contribution < 1.29 is 28.3 Å². The van der Waals surface area contributed by atoms with Crippen LogP contribution >= 0.6 is 0 Å². The number of carbonyl (C=O) groups excluding carboxylic acids is 1. The van der Waals surface area contributed by atoms with Crippen molar-refractivity contribution in [2.24, 2.45) is 0 Å². The maximum atomic E-state index is 12.7. The molecule has 3 heterocycles. The molecule has 2 aromatic carbocycles. The average molecular weight is 423 g/mol. The molecule has 0 N–H and O–H groups in total. The highest BCUT2D eigenvalue weighted by Gasteiger charge is 2.35. The predicted molar refractivity (Wildman–Crippen MR) is 108 cm³/mol. The average Bonchev–Trinajstić information content (AvgIpc) is 3.53. The SMILES string of the molecule is COc1ccc(OC)c(CN2CC(c3nc(-c4ccc5c(c4)OCO5)no3)CC2=O)c1. The van der Waals surface area contributed by atoms with Gasteiger partial charge in [0.15, 0.2) is 11.5 Å². The monoisotopic (exact) mass is 423 g/mol. The van der Waals surface area contributed by atoms with Crippen molar-refractivity contribution >= 4 is 5.91 Å². The molecule has 1 amide bonds. The van der Waals surface area contributed by atoms with Crippen molar-refractivity contribution in [3.8, 4) is 34.4 Å². The second-order valence-corrected chi connectivity index (χ2v) is 7.38. The molecule has 2 aliphatic heterocycles. The zero-order valence-electron chi connectivity index (χ0n) is 17.2. The molecule has 160 valence electrons. The Labute approximate surface area is 178 Å². The number of benzene rings is 2. The number of hydrogen-bond acceptors (Lipinski definition) is 8. The molecule has 0 bridgehead atoms. The lowest BCUT2D eigenvalue weighted by Crippen LogP contribution is -2.24. The topological polar surface area (TPSA) is 96.2 Å². The Kier molecular flexibility index (Phi) is 4.85. The molecule has 9 heteroatoms. The van der Waals surface area contributed by atoms with Crippen LogP contribution in [-0.2, 0) is 11.3 Å². The molecule has 5 rings (SSSR count). The van der Waals surface area contributed by atoms with Gasteiger partial charge in [-0.25, -0.2) is 0 Å². The van der Waals surface area contributed by atoms with Gasteiger partial charge in [0.05, 0.1) is 20.1 Å². The van der Waals surface area contributed by atoms with E-state index in [1.807, 2.05) is 36.4 Å². The molecular formula is C22H21N3O6. The van der Waals surface area contributed by atoms with E-state index in [-0.39, 0.29) is 18.6 Å². The van der Waals surface area contributed by atoms with Crippen LogP contribution in [0.25, 0.3) is 11.4 Å². The van der Waals surface area contributed by atoms with Crippen LogP contribution in [0.2, 0.25) is 0 Å². The number of aromatic nitrogens is 2. The van der Waals surface area contributed by atoms with Crippen LogP contribution in [0.1, 0.15) is 23.8 Å². The normalized spacial score (nSPS) is 17.3. The van der Waals surface area contributed by atoms with Gasteiger partial charge in [-0.1, -0.05) is 5.16 Å². The van der Waals surface area contributed by atoms with Crippen molar-refractivity contribution in [1.29, 1.82) is 0 Å². The van der Waals surface area contributed by atoms with E-state index in [0.29, 0.717) is 54.2 Å². The number of carbonyl (C=O) groups is 1. The standard InChI is InChI=1S/C22H21N3O6/c1-27-16-4-6-17(28-2)14(7-16)10-25-11-15(9-20(25)26)22-23-21(24-31-22)13-3-5-18-19(8-13)30-12-29-18/h3-8,15H,9-12H2,1-2H3. The third kappa shape index (κ3) is 3.63. The summed E-state index contributed by atoms with van der Waals surface area (Å²) in [6, 6.07) is 11.0. The second-order valence-electron chi connectivity index (χ2n) is 7.38. The lowest BCUT2D eigenvalue weighted by Gasteiger charge is -2.18. The molecule has 1 unspecified atom stereocenters. The Morgan fingerprint density at radius 1 is 1.10 bits per heavy atom. The van der Waals surface area contributed by atoms with E-state index < -0.39 is 0 Å². The number of nitrogens with zero attached hydrogens (tertiary/aromatic N) is 3. The van der Waals surface area contributed by atoms with E-state index in [9.17, 15) is 4.79 Å². The van der Waals surface area contributed by atoms with Gasteiger partial charge in [0.2, 0.25) is 24.4 Å². The van der Waals surface area contributed by atoms with Crippen LogP contribution in [0.3, 0.4) is 0 Å². The molecule has 31 heavy (non-hydrogen) atoms. The largest absolute Gasteiger partial charge is 0.497 e. The highest BCUT2D eigenvalue weighted by Crippen LogP contribution is 2.36. The first-order valence-corrected chi connectivity index (χ1v) is 9.87. The van der Waals surface area contributed by atoms with E-state index in [1.165, 1.54) is 0 Å². The predicted octanol–water partition coefficient (Wildman–Crippen LogP) is 3.00. The van der Waals surface area contributed by atoms with Crippen molar-refractivity contribution in [2.45, 2.75) is 18.9 Å². The van der Waals surface area contributed by atoms with E-state index in [4.69, 9.17) is 23.5 Å². The van der Waals surface area contributed by atoms with Crippen LogP contribution in [-0.4, -0.2) is 48.5 Å². The van der Waals surface area contributed by atoms with Crippen LogP contribution in [0.5, 0.6) is 23.0 Å². The summed E-state index contributed by atoms with van der Waals surface area (Å²) in [4.78, 5) is 19.0. The van der Waals surface area contributed by atoms with E-state index in [0.717, 1.165) is 11.1 Å². The van der Waals surface area contributed by atoms with Gasteiger partial charge in [-0.05, 0) is 36.4 Å². The first-order chi connectivity index (χ1) is 15.1. The third-order valence-electron chi connectivity index (χ3n) is 5.49. The summed E-state index contributed by atoms with van der Waals surface area (Å²) in [6.45, 7) is 1.11. The van der Waals surface area contributed by atoms with E-state index in [2.05, 4.69) is 10.1 Å². The Morgan fingerprint density at radius 2 is 1.97 bits per heavy atom. The van der Waals surface area contributed by atoms with Crippen molar-refractivity contribution in [3.63, 3.8) is 0 Å². The minimum atomic E-state index is -0.167. The summed E-state index contributed by atoms with van der Waals surface area (Å²) in [7, 11) is 3.21. The summed E-state index contributed by atoms with van der Waals surface area (Å²) in [5.74, 6) is 3.52. The minimum absolute atomic E-state index is 0.0257. The van der Waals surface area contributed by atoms with Gasteiger partial charge < -0.3 is 28.4 Å². The molecule has 2 aliphatic rings. The fourth-order valence-corrected chi connectivity index (χ4v) is 3.86. The summed E-state index contributed by atoms with van der Waals surface area (Å²) in [5, 5.41) is 4.09. The van der Waals surface area contributed by atoms with Crippen LogP contribution < -0.4 is 18.9 Å². The Balaban J connectivity index is 1.32. The lowest BCUT2D eigenvalue weighted by molar-refractivity contribution is -0.128. The molecular weight excluding hydrogens is 402 g/mol. The van der Waals surface area contributed by atoms with Gasteiger partial charge in [0.1, 0.15) is 11.5 Å². The molecule has 1 atom stereocenters. The summed E-state index contributed by atoms with van der Waals surface area (Å²) in [5.41, 5.74) is 1.64. The second kappa shape index (κ2) is 7.82. The van der Waals surface area contributed by atoms with Crippen molar-refractivity contribution in [1.82, 2.24) is 15.0 Å². The van der Waals surface area contributed by atoms with Gasteiger partial charge in [-0.2, -0.15) is 4.98 Å². The molecule has 0 radical (unpaired) electrons. The fraction of sp³-hybridized carbons (Fsp3) is 0.318. The van der Waals surface area contributed by atoms with Crippen LogP contribution in [0.4, 0.5) is 0 Å². The minimum Gasteiger partial charge on any atom is -0.497 e. The number of hydrogen-bond donors (Lipinski definition) is 0. The first-order valence-electron chi connectivity index (χ1n) is 9.87. The van der Waals surface area contributed by atoms with Crippen LogP contribution in [0, 0.1) is 0 Å². The smallest absolute Gasteiger partial charge is 0.232 e. The van der Waals surface area contributed by atoms with Gasteiger partial charge in [0, 0.05) is 30.6 Å². The molecule has 3 aromatic rings. The van der Waals surface area contributed by atoms with Crippen LogP contribution in [0.15, 0.2) is 40.9 Å². The van der Waals surface area contributed by atoms with E-state index >= 15 is 0 Å². The molecule has 0 saturated carbocycles. The number of likely N-dealkylation sites (tertiary alicyclic amines) is 1. The number of rotatable bonds is 6.